The molecule has 1 unspecified atom stereocenters. The molecule has 0 bridgehead atoms. The Kier molecular flexibility index (Phi) is 2.80. The van der Waals surface area contributed by atoms with Gasteiger partial charge in [0.05, 0.1) is 0 Å². The van der Waals surface area contributed by atoms with Gasteiger partial charge in [0.2, 0.25) is 0 Å². The van der Waals surface area contributed by atoms with Gasteiger partial charge >= 0.3 is 0 Å². The molecule has 0 saturated carbocycles. The molecule has 0 amide bonds. The second-order valence-electron chi connectivity index (χ2n) is 5.86. The Labute approximate surface area is 118 Å². The van der Waals surface area contributed by atoms with Crippen LogP contribution in [0.4, 0.5) is 11.7 Å². The maximum Gasteiger partial charge on any atom is 0.298 e. The summed E-state index contributed by atoms with van der Waals surface area (Å²) in [6, 6.07) is 7.04. The summed E-state index contributed by atoms with van der Waals surface area (Å²) in [7, 11) is 0. The van der Waals surface area contributed by atoms with Gasteiger partial charge < -0.3 is 15.1 Å². The monoisotopic (exact) mass is 272 g/mol. The number of fused-ring (bicyclic) bond motifs is 1. The molecule has 1 aromatic heterocycles. The number of benzene rings is 1. The number of nitrogens with two attached hydrogens (primary N) is 1. The number of oxazole rings is 1. The lowest BCUT2D eigenvalue weighted by molar-refractivity contribution is 0.260. The molecule has 1 atom stereocenters. The van der Waals surface area contributed by atoms with Crippen molar-refractivity contribution in [1.29, 1.82) is 0 Å². The zero-order valence-electron chi connectivity index (χ0n) is 11.6. The Balaban J connectivity index is 1.54. The molecule has 2 aliphatic heterocycles. The fourth-order valence-corrected chi connectivity index (χ4v) is 3.38. The van der Waals surface area contributed by atoms with Crippen molar-refractivity contribution in [2.24, 2.45) is 0 Å². The van der Waals surface area contributed by atoms with Crippen molar-refractivity contribution in [3.05, 3.63) is 18.2 Å². The number of likely N-dealkylation sites (tertiary alicyclic amines) is 1. The average Bonchev–Trinajstić information content (AvgIpc) is 3.17. The number of hydrogen-bond donors (Lipinski definition) is 1. The van der Waals surface area contributed by atoms with E-state index < -0.39 is 0 Å². The number of aromatic nitrogens is 1. The fourth-order valence-electron chi connectivity index (χ4n) is 3.38. The molecule has 2 fully saturated rings. The van der Waals surface area contributed by atoms with Crippen molar-refractivity contribution in [2.75, 3.05) is 36.8 Å². The van der Waals surface area contributed by atoms with Crippen LogP contribution in [-0.4, -0.2) is 42.1 Å². The molecule has 2 N–H and O–H groups in total. The summed E-state index contributed by atoms with van der Waals surface area (Å²) in [5.41, 5.74) is 8.17. The number of rotatable bonds is 2. The molecule has 106 valence electrons. The van der Waals surface area contributed by atoms with Crippen LogP contribution in [0.1, 0.15) is 19.3 Å². The number of anilines is 2. The first-order chi connectivity index (χ1) is 9.79. The summed E-state index contributed by atoms with van der Waals surface area (Å²) >= 11 is 0. The molecule has 3 heterocycles. The quantitative estimate of drug-likeness (QED) is 0.848. The maximum atomic E-state index is 5.86. The lowest BCUT2D eigenvalue weighted by Gasteiger charge is -2.22. The number of nitrogen functional groups attached to an aromatic ring is 1. The Morgan fingerprint density at radius 2 is 2.05 bits per heavy atom. The Morgan fingerprint density at radius 3 is 2.90 bits per heavy atom. The lowest BCUT2D eigenvalue weighted by Crippen LogP contribution is -2.35. The van der Waals surface area contributed by atoms with Crippen molar-refractivity contribution in [2.45, 2.75) is 25.3 Å². The zero-order valence-corrected chi connectivity index (χ0v) is 11.6. The maximum absolute atomic E-state index is 5.86. The molecule has 20 heavy (non-hydrogen) atoms. The molecular weight excluding hydrogens is 252 g/mol. The molecule has 2 saturated heterocycles. The Morgan fingerprint density at radius 1 is 1.20 bits per heavy atom. The third-order valence-corrected chi connectivity index (χ3v) is 4.49. The molecule has 2 aromatic rings. The van der Waals surface area contributed by atoms with Crippen LogP contribution in [0, 0.1) is 0 Å². The van der Waals surface area contributed by atoms with Crippen molar-refractivity contribution in [3.63, 3.8) is 0 Å². The number of nitrogens with zero attached hydrogens (tertiary/aromatic N) is 3. The van der Waals surface area contributed by atoms with Crippen molar-refractivity contribution < 1.29 is 4.42 Å². The fraction of sp³-hybridized carbons (Fsp3) is 0.533. The molecule has 0 aliphatic carbocycles. The molecular formula is C15H20N4O. The lowest BCUT2D eigenvalue weighted by atomic mass is 10.2. The van der Waals surface area contributed by atoms with Crippen LogP contribution in [-0.2, 0) is 0 Å². The predicted molar refractivity (Wildman–Crippen MR) is 79.8 cm³/mol. The van der Waals surface area contributed by atoms with Gasteiger partial charge in [0, 0.05) is 30.9 Å². The average molecular weight is 272 g/mol. The number of hydrogen-bond acceptors (Lipinski definition) is 5. The van der Waals surface area contributed by atoms with Crippen molar-refractivity contribution in [1.82, 2.24) is 9.88 Å². The first-order valence-electron chi connectivity index (χ1n) is 7.45. The summed E-state index contributed by atoms with van der Waals surface area (Å²) < 4.78 is 5.86. The van der Waals surface area contributed by atoms with Crippen LogP contribution >= 0.6 is 0 Å². The summed E-state index contributed by atoms with van der Waals surface area (Å²) in [6.07, 6.45) is 3.90. The summed E-state index contributed by atoms with van der Waals surface area (Å²) in [6.45, 7) is 4.57. The predicted octanol–water partition coefficient (Wildman–Crippen LogP) is 2.08. The van der Waals surface area contributed by atoms with Crippen LogP contribution in [0.2, 0.25) is 0 Å². The van der Waals surface area contributed by atoms with E-state index in [-0.39, 0.29) is 0 Å². The third kappa shape index (κ3) is 2.02. The van der Waals surface area contributed by atoms with Crippen LogP contribution < -0.4 is 10.6 Å². The van der Waals surface area contributed by atoms with Gasteiger partial charge in [0.15, 0.2) is 5.58 Å². The smallest absolute Gasteiger partial charge is 0.298 e. The largest absolute Gasteiger partial charge is 0.423 e. The van der Waals surface area contributed by atoms with E-state index in [1.807, 2.05) is 18.2 Å². The van der Waals surface area contributed by atoms with Crippen molar-refractivity contribution >= 4 is 22.8 Å². The van der Waals surface area contributed by atoms with E-state index in [1.165, 1.54) is 32.4 Å². The van der Waals surface area contributed by atoms with Gasteiger partial charge in [-0.15, -0.1) is 0 Å². The van der Waals surface area contributed by atoms with E-state index in [0.717, 1.165) is 35.9 Å². The highest BCUT2D eigenvalue weighted by atomic mass is 16.4. The van der Waals surface area contributed by atoms with E-state index in [0.29, 0.717) is 6.04 Å². The molecule has 5 nitrogen and oxygen atoms in total. The van der Waals surface area contributed by atoms with Crippen LogP contribution in [0.3, 0.4) is 0 Å². The van der Waals surface area contributed by atoms with Gasteiger partial charge in [-0.2, -0.15) is 4.98 Å². The molecule has 4 rings (SSSR count). The summed E-state index contributed by atoms with van der Waals surface area (Å²) in [5.74, 6) is 0. The molecule has 0 spiro atoms. The van der Waals surface area contributed by atoms with E-state index in [9.17, 15) is 0 Å². The second-order valence-corrected chi connectivity index (χ2v) is 5.86. The first-order valence-corrected chi connectivity index (χ1v) is 7.45. The minimum atomic E-state index is 0.664. The highest BCUT2D eigenvalue weighted by Crippen LogP contribution is 2.28. The van der Waals surface area contributed by atoms with Gasteiger partial charge in [-0.3, -0.25) is 4.90 Å². The SMILES string of the molecule is Nc1ccc2nc(N3CCC(N4CCCC4)C3)oc2c1. The van der Waals surface area contributed by atoms with Gasteiger partial charge in [-0.05, 0) is 44.5 Å². The standard InChI is InChI=1S/C15H20N4O/c16-11-3-4-13-14(9-11)20-15(17-13)19-8-5-12(10-19)18-6-1-2-7-18/h3-4,9,12H,1-2,5-8,10,16H2. The topological polar surface area (TPSA) is 58.5 Å². The summed E-state index contributed by atoms with van der Waals surface area (Å²) in [4.78, 5) is 9.46. The highest BCUT2D eigenvalue weighted by Gasteiger charge is 2.31. The normalized spacial score (nSPS) is 24.0. The Hall–Kier alpha value is -1.75. The first kappa shape index (κ1) is 12.0. The van der Waals surface area contributed by atoms with E-state index >= 15 is 0 Å². The summed E-state index contributed by atoms with van der Waals surface area (Å²) in [5, 5.41) is 0. The van der Waals surface area contributed by atoms with Crippen molar-refractivity contribution in [3.8, 4) is 0 Å². The van der Waals surface area contributed by atoms with Gasteiger partial charge in [-0.25, -0.2) is 0 Å². The van der Waals surface area contributed by atoms with Crippen LogP contribution in [0.25, 0.3) is 11.1 Å². The van der Waals surface area contributed by atoms with Gasteiger partial charge in [0.25, 0.3) is 6.01 Å². The van der Waals surface area contributed by atoms with E-state index in [2.05, 4.69) is 14.8 Å². The zero-order chi connectivity index (χ0) is 13.5. The molecule has 5 heteroatoms. The van der Waals surface area contributed by atoms with E-state index in [1.54, 1.807) is 0 Å². The van der Waals surface area contributed by atoms with Gasteiger partial charge in [-0.1, -0.05) is 0 Å². The van der Waals surface area contributed by atoms with Crippen LogP contribution in [0.5, 0.6) is 0 Å². The minimum absolute atomic E-state index is 0.664. The highest BCUT2D eigenvalue weighted by molar-refractivity contribution is 5.78. The minimum Gasteiger partial charge on any atom is -0.423 e. The third-order valence-electron chi connectivity index (χ3n) is 4.49. The molecule has 1 aromatic carbocycles. The van der Waals surface area contributed by atoms with Crippen LogP contribution in [0.15, 0.2) is 22.6 Å². The molecule has 2 aliphatic rings. The van der Waals surface area contributed by atoms with Gasteiger partial charge in [0.1, 0.15) is 5.52 Å². The Bertz CT molecular complexity index is 617. The molecule has 0 radical (unpaired) electrons. The second kappa shape index (κ2) is 4.66. The van der Waals surface area contributed by atoms with E-state index in [4.69, 9.17) is 10.2 Å².